The molecular formula is C9H17NO. The van der Waals surface area contributed by atoms with Crippen LogP contribution in [0.4, 0.5) is 0 Å². The largest absolute Gasteiger partial charge is 0.383 e. The van der Waals surface area contributed by atoms with Gasteiger partial charge in [-0.05, 0) is 32.1 Å². The van der Waals surface area contributed by atoms with Crippen molar-refractivity contribution in [3.63, 3.8) is 0 Å². The predicted molar refractivity (Wildman–Crippen MR) is 44.6 cm³/mol. The third-order valence-corrected chi connectivity index (χ3v) is 3.11. The van der Waals surface area contributed by atoms with Crippen LogP contribution >= 0.6 is 0 Å². The summed E-state index contributed by atoms with van der Waals surface area (Å²) >= 11 is 0. The minimum atomic E-state index is 0.373. The Morgan fingerprint density at radius 1 is 1.45 bits per heavy atom. The van der Waals surface area contributed by atoms with Crippen LogP contribution in [0, 0.1) is 0 Å². The fraction of sp³-hybridized carbons (Fsp3) is 1.00. The average Bonchev–Trinajstić information content (AvgIpc) is 2.28. The molecule has 0 amide bonds. The fourth-order valence-electron chi connectivity index (χ4n) is 2.59. The topological polar surface area (TPSA) is 21.3 Å². The molecule has 2 aliphatic heterocycles. The summed E-state index contributed by atoms with van der Waals surface area (Å²) in [4.78, 5) is 0. The summed E-state index contributed by atoms with van der Waals surface area (Å²) < 4.78 is 5.24. The molecule has 0 radical (unpaired) electrons. The Bertz CT molecular complexity index is 139. The lowest BCUT2D eigenvalue weighted by Gasteiger charge is -2.33. The van der Waals surface area contributed by atoms with Gasteiger partial charge in [0, 0.05) is 18.7 Å². The van der Waals surface area contributed by atoms with Crippen molar-refractivity contribution in [2.45, 2.75) is 43.7 Å². The highest BCUT2D eigenvalue weighted by molar-refractivity contribution is 5.01. The lowest BCUT2D eigenvalue weighted by Crippen LogP contribution is -2.49. The number of hydrogen-bond donors (Lipinski definition) is 1. The van der Waals surface area contributed by atoms with Gasteiger partial charge in [0.2, 0.25) is 0 Å². The normalized spacial score (nSPS) is 42.8. The molecule has 2 bridgehead atoms. The van der Waals surface area contributed by atoms with Gasteiger partial charge in [-0.2, -0.15) is 0 Å². The van der Waals surface area contributed by atoms with Gasteiger partial charge < -0.3 is 10.1 Å². The van der Waals surface area contributed by atoms with Gasteiger partial charge in [-0.25, -0.2) is 0 Å². The Kier molecular flexibility index (Phi) is 1.90. The van der Waals surface area contributed by atoms with Crippen LogP contribution in [0.2, 0.25) is 0 Å². The maximum absolute atomic E-state index is 5.24. The van der Waals surface area contributed by atoms with E-state index >= 15 is 0 Å². The summed E-state index contributed by atoms with van der Waals surface area (Å²) in [5.41, 5.74) is 0.373. The van der Waals surface area contributed by atoms with Gasteiger partial charge in [0.1, 0.15) is 0 Å². The summed E-state index contributed by atoms with van der Waals surface area (Å²) in [5, 5.41) is 3.68. The van der Waals surface area contributed by atoms with Crippen LogP contribution in [-0.2, 0) is 4.74 Å². The quantitative estimate of drug-likeness (QED) is 0.649. The van der Waals surface area contributed by atoms with Crippen molar-refractivity contribution in [1.29, 1.82) is 0 Å². The first-order valence-electron chi connectivity index (χ1n) is 4.61. The zero-order valence-electron chi connectivity index (χ0n) is 7.23. The molecule has 2 nitrogen and oxygen atoms in total. The molecule has 0 aromatic carbocycles. The van der Waals surface area contributed by atoms with Crippen molar-refractivity contribution in [2.75, 3.05) is 13.7 Å². The second-order valence-electron chi connectivity index (χ2n) is 3.99. The van der Waals surface area contributed by atoms with E-state index in [0.717, 1.165) is 12.6 Å². The minimum Gasteiger partial charge on any atom is -0.383 e. The molecule has 1 N–H and O–H groups in total. The number of fused-ring (bicyclic) bond motifs is 2. The first kappa shape index (κ1) is 7.56. The number of hydrogen-bond acceptors (Lipinski definition) is 2. The fourth-order valence-corrected chi connectivity index (χ4v) is 2.59. The molecule has 0 spiro atoms. The van der Waals surface area contributed by atoms with Gasteiger partial charge in [0.15, 0.2) is 0 Å². The number of nitrogens with one attached hydrogen (secondary N) is 1. The standard InChI is InChI=1S/C9H17NO/c1-11-7-9-5-2-3-8(10-9)4-6-9/h8,10H,2-7H2,1H3. The van der Waals surface area contributed by atoms with E-state index in [2.05, 4.69) is 5.32 Å². The smallest absolute Gasteiger partial charge is 0.0644 e. The van der Waals surface area contributed by atoms with Crippen molar-refractivity contribution >= 4 is 0 Å². The maximum Gasteiger partial charge on any atom is 0.0644 e. The average molecular weight is 155 g/mol. The zero-order chi connectivity index (χ0) is 7.73. The second kappa shape index (κ2) is 2.76. The monoisotopic (exact) mass is 155 g/mol. The van der Waals surface area contributed by atoms with E-state index in [4.69, 9.17) is 4.74 Å². The van der Waals surface area contributed by atoms with Gasteiger partial charge in [-0.15, -0.1) is 0 Å². The van der Waals surface area contributed by atoms with Crippen LogP contribution in [0.25, 0.3) is 0 Å². The molecule has 2 fully saturated rings. The summed E-state index contributed by atoms with van der Waals surface area (Å²) in [6.07, 6.45) is 6.78. The number of rotatable bonds is 2. The van der Waals surface area contributed by atoms with Crippen LogP contribution in [0.1, 0.15) is 32.1 Å². The van der Waals surface area contributed by atoms with Crippen molar-refractivity contribution in [3.8, 4) is 0 Å². The molecule has 0 aromatic heterocycles. The molecule has 2 saturated heterocycles. The number of methoxy groups -OCH3 is 1. The van der Waals surface area contributed by atoms with E-state index in [-0.39, 0.29) is 0 Å². The molecule has 2 rings (SSSR count). The van der Waals surface area contributed by atoms with Gasteiger partial charge in [0.05, 0.1) is 6.61 Å². The molecule has 11 heavy (non-hydrogen) atoms. The Balaban J connectivity index is 2.01. The molecule has 2 heterocycles. The molecule has 2 unspecified atom stereocenters. The first-order valence-corrected chi connectivity index (χ1v) is 4.61. The summed E-state index contributed by atoms with van der Waals surface area (Å²) in [5.74, 6) is 0. The molecule has 2 aliphatic rings. The third-order valence-electron chi connectivity index (χ3n) is 3.11. The highest BCUT2D eigenvalue weighted by Gasteiger charge is 2.40. The van der Waals surface area contributed by atoms with Crippen molar-refractivity contribution in [3.05, 3.63) is 0 Å². The van der Waals surface area contributed by atoms with E-state index in [1.54, 1.807) is 7.11 Å². The number of piperidine rings is 1. The minimum absolute atomic E-state index is 0.373. The summed E-state index contributed by atoms with van der Waals surface area (Å²) in [6.45, 7) is 0.906. The number of ether oxygens (including phenoxy) is 1. The zero-order valence-corrected chi connectivity index (χ0v) is 7.23. The van der Waals surface area contributed by atoms with E-state index in [1.165, 1.54) is 32.1 Å². The van der Waals surface area contributed by atoms with Crippen molar-refractivity contribution in [2.24, 2.45) is 0 Å². The maximum atomic E-state index is 5.24. The summed E-state index contributed by atoms with van der Waals surface area (Å²) in [6, 6.07) is 0.805. The van der Waals surface area contributed by atoms with Crippen molar-refractivity contribution < 1.29 is 4.74 Å². The Labute approximate surface area is 68.3 Å². The Morgan fingerprint density at radius 2 is 2.36 bits per heavy atom. The summed E-state index contributed by atoms with van der Waals surface area (Å²) in [7, 11) is 1.80. The van der Waals surface area contributed by atoms with E-state index in [0.29, 0.717) is 5.54 Å². The molecule has 2 heteroatoms. The first-order chi connectivity index (χ1) is 5.35. The van der Waals surface area contributed by atoms with E-state index < -0.39 is 0 Å². The van der Waals surface area contributed by atoms with Gasteiger partial charge >= 0.3 is 0 Å². The van der Waals surface area contributed by atoms with Crippen LogP contribution < -0.4 is 5.32 Å². The van der Waals surface area contributed by atoms with Crippen LogP contribution in [0.3, 0.4) is 0 Å². The van der Waals surface area contributed by atoms with Gasteiger partial charge in [-0.3, -0.25) is 0 Å². The molecule has 0 aromatic rings. The molecular weight excluding hydrogens is 138 g/mol. The van der Waals surface area contributed by atoms with Crippen LogP contribution in [-0.4, -0.2) is 25.3 Å². The Morgan fingerprint density at radius 3 is 3.18 bits per heavy atom. The van der Waals surface area contributed by atoms with E-state index in [9.17, 15) is 0 Å². The van der Waals surface area contributed by atoms with Crippen molar-refractivity contribution in [1.82, 2.24) is 5.32 Å². The second-order valence-corrected chi connectivity index (χ2v) is 3.99. The molecule has 0 saturated carbocycles. The van der Waals surface area contributed by atoms with Gasteiger partial charge in [0.25, 0.3) is 0 Å². The Hall–Kier alpha value is -0.0800. The highest BCUT2D eigenvalue weighted by Crippen LogP contribution is 2.35. The van der Waals surface area contributed by atoms with E-state index in [1.807, 2.05) is 0 Å². The molecule has 0 aliphatic carbocycles. The van der Waals surface area contributed by atoms with Crippen LogP contribution in [0.5, 0.6) is 0 Å². The lowest BCUT2D eigenvalue weighted by molar-refractivity contribution is 0.100. The molecule has 64 valence electrons. The third kappa shape index (κ3) is 1.30. The van der Waals surface area contributed by atoms with Crippen LogP contribution in [0.15, 0.2) is 0 Å². The highest BCUT2D eigenvalue weighted by atomic mass is 16.5. The molecule has 2 atom stereocenters. The predicted octanol–water partition coefficient (Wildman–Crippen LogP) is 1.31. The SMILES string of the molecule is COCC12CCCC(CC1)N2. The van der Waals surface area contributed by atoms with Gasteiger partial charge in [-0.1, -0.05) is 0 Å². The lowest BCUT2D eigenvalue weighted by atomic mass is 9.91.